The van der Waals surface area contributed by atoms with Crippen molar-refractivity contribution in [1.29, 1.82) is 0 Å². The van der Waals surface area contributed by atoms with E-state index in [0.29, 0.717) is 6.54 Å². The standard InChI is InChI=1S/C14H24N4O/c1-14(2,19)11-17-5-7-18(8-6-17)13-4-3-12(9-15)10-16-13/h3-4,10,19H,5-9,11,15H2,1-2H3. The molecule has 2 heterocycles. The van der Waals surface area contributed by atoms with Gasteiger partial charge in [0.1, 0.15) is 5.82 Å². The Kier molecular flexibility index (Phi) is 4.39. The molecular formula is C14H24N4O. The predicted molar refractivity (Wildman–Crippen MR) is 77.1 cm³/mol. The number of rotatable bonds is 4. The molecule has 1 aromatic heterocycles. The van der Waals surface area contributed by atoms with Crippen molar-refractivity contribution in [3.63, 3.8) is 0 Å². The van der Waals surface area contributed by atoms with E-state index in [-0.39, 0.29) is 0 Å². The van der Waals surface area contributed by atoms with Crippen LogP contribution in [-0.4, -0.2) is 53.3 Å². The van der Waals surface area contributed by atoms with Crippen molar-refractivity contribution in [3.05, 3.63) is 23.9 Å². The molecule has 1 aromatic rings. The summed E-state index contributed by atoms with van der Waals surface area (Å²) in [7, 11) is 0. The summed E-state index contributed by atoms with van der Waals surface area (Å²) in [5.74, 6) is 1.01. The molecule has 1 aliphatic heterocycles. The van der Waals surface area contributed by atoms with E-state index >= 15 is 0 Å². The molecule has 0 unspecified atom stereocenters. The van der Waals surface area contributed by atoms with E-state index < -0.39 is 5.60 Å². The van der Waals surface area contributed by atoms with Crippen LogP contribution in [-0.2, 0) is 6.54 Å². The lowest BCUT2D eigenvalue weighted by atomic mass is 10.1. The van der Waals surface area contributed by atoms with Crippen molar-refractivity contribution in [2.24, 2.45) is 5.73 Å². The van der Waals surface area contributed by atoms with Gasteiger partial charge in [-0.3, -0.25) is 4.90 Å². The molecule has 1 fully saturated rings. The first-order valence-corrected chi connectivity index (χ1v) is 6.82. The van der Waals surface area contributed by atoms with E-state index in [0.717, 1.165) is 44.1 Å². The minimum Gasteiger partial charge on any atom is -0.389 e. The Hall–Kier alpha value is -1.17. The molecule has 5 heteroatoms. The fraction of sp³-hybridized carbons (Fsp3) is 0.643. The predicted octanol–water partition coefficient (Wildman–Crippen LogP) is 0.433. The third kappa shape index (κ3) is 4.16. The highest BCUT2D eigenvalue weighted by Gasteiger charge is 2.23. The molecule has 0 amide bonds. The molecule has 0 bridgehead atoms. The highest BCUT2D eigenvalue weighted by Crippen LogP contribution is 2.15. The fourth-order valence-electron chi connectivity index (χ4n) is 2.41. The quantitative estimate of drug-likeness (QED) is 0.826. The summed E-state index contributed by atoms with van der Waals surface area (Å²) >= 11 is 0. The second-order valence-corrected chi connectivity index (χ2v) is 5.80. The van der Waals surface area contributed by atoms with Gasteiger partial charge in [-0.25, -0.2) is 4.98 Å². The van der Waals surface area contributed by atoms with Crippen LogP contribution in [0.1, 0.15) is 19.4 Å². The molecule has 0 atom stereocenters. The highest BCUT2D eigenvalue weighted by molar-refractivity contribution is 5.39. The maximum absolute atomic E-state index is 9.83. The maximum atomic E-state index is 9.83. The van der Waals surface area contributed by atoms with Gasteiger partial charge in [0.05, 0.1) is 5.60 Å². The Morgan fingerprint density at radius 1 is 1.26 bits per heavy atom. The number of nitrogens with two attached hydrogens (primary N) is 1. The Labute approximate surface area is 115 Å². The zero-order valence-corrected chi connectivity index (χ0v) is 11.8. The number of piperazine rings is 1. The molecular weight excluding hydrogens is 240 g/mol. The molecule has 0 saturated carbocycles. The van der Waals surface area contributed by atoms with Gasteiger partial charge in [-0.05, 0) is 25.5 Å². The Morgan fingerprint density at radius 2 is 1.95 bits per heavy atom. The summed E-state index contributed by atoms with van der Waals surface area (Å²) in [6.45, 7) is 8.79. The molecule has 0 aromatic carbocycles. The van der Waals surface area contributed by atoms with Gasteiger partial charge in [-0.1, -0.05) is 6.07 Å². The monoisotopic (exact) mass is 264 g/mol. The van der Waals surface area contributed by atoms with Crippen LogP contribution in [0.4, 0.5) is 5.82 Å². The van der Waals surface area contributed by atoms with Gasteiger partial charge in [0.25, 0.3) is 0 Å². The van der Waals surface area contributed by atoms with Crippen LogP contribution in [0.5, 0.6) is 0 Å². The number of hydrogen-bond acceptors (Lipinski definition) is 5. The maximum Gasteiger partial charge on any atom is 0.128 e. The van der Waals surface area contributed by atoms with Crippen molar-refractivity contribution in [2.45, 2.75) is 26.0 Å². The molecule has 0 spiro atoms. The van der Waals surface area contributed by atoms with Gasteiger partial charge in [0, 0.05) is 45.5 Å². The molecule has 0 radical (unpaired) electrons. The molecule has 5 nitrogen and oxygen atoms in total. The number of pyridine rings is 1. The van der Waals surface area contributed by atoms with E-state index in [4.69, 9.17) is 5.73 Å². The van der Waals surface area contributed by atoms with Crippen molar-refractivity contribution in [1.82, 2.24) is 9.88 Å². The second-order valence-electron chi connectivity index (χ2n) is 5.80. The third-order valence-corrected chi connectivity index (χ3v) is 3.35. The lowest BCUT2D eigenvalue weighted by molar-refractivity contribution is 0.0344. The lowest BCUT2D eigenvalue weighted by Crippen LogP contribution is -2.50. The summed E-state index contributed by atoms with van der Waals surface area (Å²) in [5.41, 5.74) is 6.01. The van der Waals surface area contributed by atoms with Gasteiger partial charge < -0.3 is 15.7 Å². The first-order valence-electron chi connectivity index (χ1n) is 6.82. The van der Waals surface area contributed by atoms with Crippen LogP contribution < -0.4 is 10.6 Å². The third-order valence-electron chi connectivity index (χ3n) is 3.35. The summed E-state index contributed by atoms with van der Waals surface area (Å²) in [5, 5.41) is 9.83. The molecule has 1 aliphatic rings. The van der Waals surface area contributed by atoms with E-state index in [1.54, 1.807) is 0 Å². The van der Waals surface area contributed by atoms with Crippen molar-refractivity contribution >= 4 is 5.82 Å². The summed E-state index contributed by atoms with van der Waals surface area (Å²) in [4.78, 5) is 9.03. The number of β-amino-alcohol motifs (C(OH)–C–C–N with tert-alkyl or cyclic N) is 1. The van der Waals surface area contributed by atoms with Crippen molar-refractivity contribution in [3.8, 4) is 0 Å². The molecule has 0 aliphatic carbocycles. The van der Waals surface area contributed by atoms with Crippen LogP contribution in [0.15, 0.2) is 18.3 Å². The molecule has 106 valence electrons. The summed E-state index contributed by atoms with van der Waals surface area (Å²) in [6, 6.07) is 4.07. The highest BCUT2D eigenvalue weighted by atomic mass is 16.3. The van der Waals surface area contributed by atoms with E-state index in [9.17, 15) is 5.11 Å². The van der Waals surface area contributed by atoms with E-state index in [1.165, 1.54) is 0 Å². The molecule has 2 rings (SSSR count). The van der Waals surface area contributed by atoms with Gasteiger partial charge in [-0.15, -0.1) is 0 Å². The van der Waals surface area contributed by atoms with Crippen LogP contribution >= 0.6 is 0 Å². The normalized spacial score (nSPS) is 17.8. The van der Waals surface area contributed by atoms with Crippen molar-refractivity contribution < 1.29 is 5.11 Å². The van der Waals surface area contributed by atoms with E-state index in [2.05, 4.69) is 14.8 Å². The average molecular weight is 264 g/mol. The zero-order valence-electron chi connectivity index (χ0n) is 11.8. The number of hydrogen-bond donors (Lipinski definition) is 2. The number of aliphatic hydroxyl groups is 1. The van der Waals surface area contributed by atoms with Crippen molar-refractivity contribution in [2.75, 3.05) is 37.6 Å². The second kappa shape index (κ2) is 5.86. The fourth-order valence-corrected chi connectivity index (χ4v) is 2.41. The van der Waals surface area contributed by atoms with Gasteiger partial charge in [0.15, 0.2) is 0 Å². The van der Waals surface area contributed by atoms with Crippen LogP contribution in [0.2, 0.25) is 0 Å². The molecule has 19 heavy (non-hydrogen) atoms. The van der Waals surface area contributed by atoms with Gasteiger partial charge in [0.2, 0.25) is 0 Å². The number of nitrogens with zero attached hydrogens (tertiary/aromatic N) is 3. The minimum absolute atomic E-state index is 0.534. The largest absolute Gasteiger partial charge is 0.389 e. The first-order chi connectivity index (χ1) is 8.98. The van der Waals surface area contributed by atoms with Gasteiger partial charge in [-0.2, -0.15) is 0 Å². The van der Waals surface area contributed by atoms with Crippen LogP contribution in [0, 0.1) is 0 Å². The summed E-state index contributed by atoms with van der Waals surface area (Å²) in [6.07, 6.45) is 1.85. The summed E-state index contributed by atoms with van der Waals surface area (Å²) < 4.78 is 0. The lowest BCUT2D eigenvalue weighted by Gasteiger charge is -2.37. The van der Waals surface area contributed by atoms with Crippen LogP contribution in [0.25, 0.3) is 0 Å². The smallest absolute Gasteiger partial charge is 0.128 e. The molecule has 1 saturated heterocycles. The Morgan fingerprint density at radius 3 is 2.42 bits per heavy atom. The first kappa shape index (κ1) is 14.2. The molecule has 3 N–H and O–H groups in total. The van der Waals surface area contributed by atoms with Gasteiger partial charge >= 0.3 is 0 Å². The number of anilines is 1. The topological polar surface area (TPSA) is 65.6 Å². The number of aromatic nitrogens is 1. The van der Waals surface area contributed by atoms with Crippen LogP contribution in [0.3, 0.4) is 0 Å². The Bertz CT molecular complexity index is 391. The Balaban J connectivity index is 1.88. The zero-order chi connectivity index (χ0) is 13.9. The SMILES string of the molecule is CC(C)(O)CN1CCN(c2ccc(CN)cn2)CC1. The average Bonchev–Trinajstić information content (AvgIpc) is 2.38. The van der Waals surface area contributed by atoms with E-state index in [1.807, 2.05) is 32.2 Å². The minimum atomic E-state index is -0.622.